The number of benzene rings is 1. The summed E-state index contributed by atoms with van der Waals surface area (Å²) in [6, 6.07) is 10.1. The van der Waals surface area contributed by atoms with Crippen molar-refractivity contribution in [3.8, 4) is 11.4 Å². The van der Waals surface area contributed by atoms with Crippen molar-refractivity contribution in [3.05, 3.63) is 42.2 Å². The Morgan fingerprint density at radius 3 is 2.57 bits per heavy atom. The molecule has 0 aliphatic rings. The summed E-state index contributed by atoms with van der Waals surface area (Å²) in [4.78, 5) is 4.44. The topological polar surface area (TPSA) is 43.8 Å². The van der Waals surface area contributed by atoms with Crippen LogP contribution in [0.25, 0.3) is 11.4 Å². The van der Waals surface area contributed by atoms with Crippen molar-refractivity contribution in [2.45, 2.75) is 6.54 Å². The van der Waals surface area contributed by atoms with Crippen LogP contribution in [0.1, 0.15) is 5.69 Å². The zero-order valence-electron chi connectivity index (χ0n) is 8.14. The fourth-order valence-corrected chi connectivity index (χ4v) is 1.48. The molecule has 0 amide bonds. The molecule has 3 nitrogen and oxygen atoms in total. The molecule has 14 heavy (non-hydrogen) atoms. The van der Waals surface area contributed by atoms with Gasteiger partial charge in [0.1, 0.15) is 5.82 Å². The smallest absolute Gasteiger partial charge is 0.140 e. The molecule has 2 N–H and O–H groups in total. The highest BCUT2D eigenvalue weighted by molar-refractivity contribution is 5.55. The van der Waals surface area contributed by atoms with E-state index < -0.39 is 0 Å². The molecule has 1 heterocycles. The van der Waals surface area contributed by atoms with E-state index in [1.807, 2.05) is 48.1 Å². The van der Waals surface area contributed by atoms with Gasteiger partial charge in [-0.05, 0) is 0 Å². The van der Waals surface area contributed by atoms with Gasteiger partial charge in [-0.15, -0.1) is 0 Å². The molecule has 0 aliphatic carbocycles. The van der Waals surface area contributed by atoms with Crippen LogP contribution in [0.5, 0.6) is 0 Å². The molecule has 0 saturated heterocycles. The second-order valence-electron chi connectivity index (χ2n) is 3.24. The molecule has 2 rings (SSSR count). The van der Waals surface area contributed by atoms with Gasteiger partial charge >= 0.3 is 0 Å². The van der Waals surface area contributed by atoms with Crippen molar-refractivity contribution in [2.75, 3.05) is 0 Å². The lowest BCUT2D eigenvalue weighted by Crippen LogP contribution is -1.95. The average Bonchev–Trinajstić information content (AvgIpc) is 2.61. The Bertz CT molecular complexity index is 417. The van der Waals surface area contributed by atoms with Crippen LogP contribution in [0.4, 0.5) is 0 Å². The van der Waals surface area contributed by atoms with Gasteiger partial charge in [0.25, 0.3) is 0 Å². The first-order valence-electron chi connectivity index (χ1n) is 4.59. The van der Waals surface area contributed by atoms with Crippen LogP contribution in [-0.4, -0.2) is 9.55 Å². The van der Waals surface area contributed by atoms with Crippen LogP contribution in [0.15, 0.2) is 36.5 Å². The molecule has 72 valence electrons. The van der Waals surface area contributed by atoms with Crippen LogP contribution in [-0.2, 0) is 13.6 Å². The monoisotopic (exact) mass is 187 g/mol. The molecule has 1 aromatic carbocycles. The number of aryl methyl sites for hydroxylation is 1. The minimum atomic E-state index is 0.487. The SMILES string of the molecule is Cn1cc(CN)nc1-c1ccccc1. The lowest BCUT2D eigenvalue weighted by molar-refractivity contribution is 0.921. The largest absolute Gasteiger partial charge is 0.334 e. The third-order valence-corrected chi connectivity index (χ3v) is 2.17. The van der Waals surface area contributed by atoms with Crippen LogP contribution in [0.3, 0.4) is 0 Å². The third kappa shape index (κ3) is 1.54. The Morgan fingerprint density at radius 1 is 1.29 bits per heavy atom. The quantitative estimate of drug-likeness (QED) is 0.775. The standard InChI is InChI=1S/C11H13N3/c1-14-8-10(7-12)13-11(14)9-5-3-2-4-6-9/h2-6,8H,7,12H2,1H3. The summed E-state index contributed by atoms with van der Waals surface area (Å²) < 4.78 is 2.00. The Hall–Kier alpha value is -1.61. The zero-order chi connectivity index (χ0) is 9.97. The van der Waals surface area contributed by atoms with Gasteiger partial charge in [-0.25, -0.2) is 4.98 Å². The van der Waals surface area contributed by atoms with Crippen LogP contribution < -0.4 is 5.73 Å². The van der Waals surface area contributed by atoms with Crippen LogP contribution in [0.2, 0.25) is 0 Å². The normalized spacial score (nSPS) is 10.4. The van der Waals surface area contributed by atoms with Gasteiger partial charge in [0, 0.05) is 25.4 Å². The van der Waals surface area contributed by atoms with Gasteiger partial charge < -0.3 is 10.3 Å². The summed E-state index contributed by atoms with van der Waals surface area (Å²) in [5, 5.41) is 0. The van der Waals surface area contributed by atoms with E-state index in [4.69, 9.17) is 5.73 Å². The van der Waals surface area contributed by atoms with Crippen molar-refractivity contribution >= 4 is 0 Å². The number of nitrogens with zero attached hydrogens (tertiary/aromatic N) is 2. The summed E-state index contributed by atoms with van der Waals surface area (Å²) in [5.74, 6) is 0.964. The Kier molecular flexibility index (Phi) is 2.33. The predicted molar refractivity (Wildman–Crippen MR) is 56.5 cm³/mol. The highest BCUT2D eigenvalue weighted by Crippen LogP contribution is 2.16. The molecule has 0 fully saturated rings. The van der Waals surface area contributed by atoms with E-state index in [0.29, 0.717) is 6.54 Å². The van der Waals surface area contributed by atoms with Crippen molar-refractivity contribution in [1.29, 1.82) is 0 Å². The fourth-order valence-electron chi connectivity index (χ4n) is 1.48. The first-order valence-corrected chi connectivity index (χ1v) is 4.59. The second kappa shape index (κ2) is 3.64. The number of hydrogen-bond acceptors (Lipinski definition) is 2. The molecule has 0 spiro atoms. The summed E-state index contributed by atoms with van der Waals surface area (Å²) in [5.41, 5.74) is 7.58. The lowest BCUT2D eigenvalue weighted by atomic mass is 10.2. The molecule has 0 atom stereocenters. The molecule has 0 radical (unpaired) electrons. The van der Waals surface area contributed by atoms with Gasteiger partial charge in [-0.3, -0.25) is 0 Å². The molecule has 0 saturated carbocycles. The summed E-state index contributed by atoms with van der Waals surface area (Å²) in [7, 11) is 1.98. The van der Waals surface area contributed by atoms with Crippen LogP contribution in [0, 0.1) is 0 Å². The van der Waals surface area contributed by atoms with E-state index in [-0.39, 0.29) is 0 Å². The summed E-state index contributed by atoms with van der Waals surface area (Å²) in [6.45, 7) is 0.487. The van der Waals surface area contributed by atoms with Crippen molar-refractivity contribution in [1.82, 2.24) is 9.55 Å². The molecule has 0 bridgehead atoms. The molecule has 0 aliphatic heterocycles. The van der Waals surface area contributed by atoms with E-state index in [1.165, 1.54) is 0 Å². The Morgan fingerprint density at radius 2 is 2.00 bits per heavy atom. The number of imidazole rings is 1. The minimum absolute atomic E-state index is 0.487. The van der Waals surface area contributed by atoms with E-state index in [9.17, 15) is 0 Å². The maximum atomic E-state index is 5.53. The second-order valence-corrected chi connectivity index (χ2v) is 3.24. The average molecular weight is 187 g/mol. The maximum absolute atomic E-state index is 5.53. The number of nitrogens with two attached hydrogens (primary N) is 1. The molecular formula is C11H13N3. The summed E-state index contributed by atoms with van der Waals surface area (Å²) >= 11 is 0. The Labute approximate surface area is 83.2 Å². The Balaban J connectivity index is 2.46. The molecule has 3 heteroatoms. The minimum Gasteiger partial charge on any atom is -0.334 e. The fraction of sp³-hybridized carbons (Fsp3) is 0.182. The number of hydrogen-bond donors (Lipinski definition) is 1. The van der Waals surface area contributed by atoms with Gasteiger partial charge in [0.15, 0.2) is 0 Å². The highest BCUT2D eigenvalue weighted by Gasteiger charge is 2.05. The van der Waals surface area contributed by atoms with E-state index in [1.54, 1.807) is 0 Å². The van der Waals surface area contributed by atoms with E-state index >= 15 is 0 Å². The van der Waals surface area contributed by atoms with Crippen molar-refractivity contribution in [2.24, 2.45) is 12.8 Å². The highest BCUT2D eigenvalue weighted by atomic mass is 15.0. The molecule has 2 aromatic rings. The van der Waals surface area contributed by atoms with Crippen LogP contribution >= 0.6 is 0 Å². The van der Waals surface area contributed by atoms with Gasteiger partial charge in [-0.1, -0.05) is 30.3 Å². The first-order chi connectivity index (χ1) is 6.81. The van der Waals surface area contributed by atoms with Gasteiger partial charge in [0.05, 0.1) is 5.69 Å². The van der Waals surface area contributed by atoms with Gasteiger partial charge in [-0.2, -0.15) is 0 Å². The molecule has 0 unspecified atom stereocenters. The lowest BCUT2D eigenvalue weighted by Gasteiger charge is -1.99. The van der Waals surface area contributed by atoms with Crippen molar-refractivity contribution in [3.63, 3.8) is 0 Å². The molecular weight excluding hydrogens is 174 g/mol. The number of rotatable bonds is 2. The zero-order valence-corrected chi connectivity index (χ0v) is 8.14. The third-order valence-electron chi connectivity index (χ3n) is 2.17. The van der Waals surface area contributed by atoms with Gasteiger partial charge in [0.2, 0.25) is 0 Å². The summed E-state index contributed by atoms with van der Waals surface area (Å²) in [6.07, 6.45) is 1.96. The maximum Gasteiger partial charge on any atom is 0.140 e. The first kappa shape index (κ1) is 8.97. The van der Waals surface area contributed by atoms with E-state index in [0.717, 1.165) is 17.1 Å². The van der Waals surface area contributed by atoms with E-state index in [2.05, 4.69) is 4.98 Å². The number of aromatic nitrogens is 2. The van der Waals surface area contributed by atoms with Crippen molar-refractivity contribution < 1.29 is 0 Å². The molecule has 1 aromatic heterocycles. The predicted octanol–water partition coefficient (Wildman–Crippen LogP) is 1.55.